The van der Waals surface area contributed by atoms with E-state index in [1.54, 1.807) is 12.2 Å². The molecule has 0 radical (unpaired) electrons. The highest BCUT2D eigenvalue weighted by Gasteiger charge is 2.03. The molecular formula is C9H14O3. The van der Waals surface area contributed by atoms with Gasteiger partial charge in [-0.1, -0.05) is 31.2 Å². The fourth-order valence-electron chi connectivity index (χ4n) is 0.654. The van der Waals surface area contributed by atoms with E-state index in [1.807, 2.05) is 13.0 Å². The normalized spacial score (nSPS) is 14.2. The molecule has 0 saturated heterocycles. The Hall–Kier alpha value is -1.09. The van der Waals surface area contributed by atoms with Gasteiger partial charge in [0, 0.05) is 0 Å². The highest BCUT2D eigenvalue weighted by atomic mass is 16.4. The van der Waals surface area contributed by atoms with Crippen LogP contribution >= 0.6 is 0 Å². The lowest BCUT2D eigenvalue weighted by Gasteiger charge is -1.98. The smallest absolute Gasteiger partial charge is 0.306 e. The maximum atomic E-state index is 10.1. The third kappa shape index (κ3) is 7.02. The number of hydrogen-bond donors (Lipinski definition) is 2. The Morgan fingerprint density at radius 2 is 2.17 bits per heavy atom. The molecule has 0 aliphatic rings. The topological polar surface area (TPSA) is 57.5 Å². The first-order chi connectivity index (χ1) is 5.66. The Labute approximate surface area is 72.0 Å². The van der Waals surface area contributed by atoms with E-state index < -0.39 is 12.1 Å². The molecule has 0 aromatic rings. The summed E-state index contributed by atoms with van der Waals surface area (Å²) in [7, 11) is 0. The molecule has 1 atom stereocenters. The van der Waals surface area contributed by atoms with Crippen molar-refractivity contribution in [3.05, 3.63) is 24.3 Å². The molecule has 0 bridgehead atoms. The number of aliphatic hydroxyl groups is 1. The van der Waals surface area contributed by atoms with Gasteiger partial charge >= 0.3 is 5.97 Å². The van der Waals surface area contributed by atoms with Crippen molar-refractivity contribution in [3.63, 3.8) is 0 Å². The summed E-state index contributed by atoms with van der Waals surface area (Å²) in [5.74, 6) is -0.994. The van der Waals surface area contributed by atoms with E-state index >= 15 is 0 Å². The maximum Gasteiger partial charge on any atom is 0.306 e. The van der Waals surface area contributed by atoms with Crippen LogP contribution in [0.4, 0.5) is 0 Å². The van der Waals surface area contributed by atoms with Crippen LogP contribution in [0.15, 0.2) is 24.3 Å². The third-order valence-corrected chi connectivity index (χ3v) is 1.20. The second-order valence-electron chi connectivity index (χ2n) is 2.39. The Morgan fingerprint density at radius 1 is 1.50 bits per heavy atom. The highest BCUT2D eigenvalue weighted by Crippen LogP contribution is 1.93. The predicted octanol–water partition coefficient (Wildman–Crippen LogP) is 1.34. The third-order valence-electron chi connectivity index (χ3n) is 1.20. The van der Waals surface area contributed by atoms with Crippen molar-refractivity contribution in [2.45, 2.75) is 25.9 Å². The molecular weight excluding hydrogens is 156 g/mol. The van der Waals surface area contributed by atoms with Gasteiger partial charge in [-0.05, 0) is 6.42 Å². The van der Waals surface area contributed by atoms with Gasteiger partial charge < -0.3 is 10.2 Å². The number of aliphatic hydroxyl groups excluding tert-OH is 1. The molecule has 2 N–H and O–H groups in total. The first-order valence-corrected chi connectivity index (χ1v) is 3.90. The molecule has 0 fully saturated rings. The molecule has 0 saturated carbocycles. The van der Waals surface area contributed by atoms with Crippen molar-refractivity contribution in [1.29, 1.82) is 0 Å². The van der Waals surface area contributed by atoms with Gasteiger partial charge in [0.25, 0.3) is 0 Å². The Balaban J connectivity index is 3.67. The minimum atomic E-state index is -0.994. The fourth-order valence-corrected chi connectivity index (χ4v) is 0.654. The largest absolute Gasteiger partial charge is 0.481 e. The second-order valence-corrected chi connectivity index (χ2v) is 2.39. The van der Waals surface area contributed by atoms with E-state index in [-0.39, 0.29) is 6.42 Å². The van der Waals surface area contributed by atoms with Gasteiger partial charge in [-0.15, -0.1) is 0 Å². The number of carboxylic acids is 1. The molecule has 3 heteroatoms. The lowest BCUT2D eigenvalue weighted by Crippen LogP contribution is -2.09. The van der Waals surface area contributed by atoms with E-state index in [0.29, 0.717) is 0 Å². The van der Waals surface area contributed by atoms with Crippen LogP contribution in [0.5, 0.6) is 0 Å². The summed E-state index contributed by atoms with van der Waals surface area (Å²) >= 11 is 0. The summed E-state index contributed by atoms with van der Waals surface area (Å²) in [5, 5.41) is 17.3. The summed E-state index contributed by atoms with van der Waals surface area (Å²) in [6, 6.07) is 0. The van der Waals surface area contributed by atoms with E-state index in [0.717, 1.165) is 6.42 Å². The van der Waals surface area contributed by atoms with Crippen molar-refractivity contribution < 1.29 is 15.0 Å². The van der Waals surface area contributed by atoms with E-state index in [9.17, 15) is 4.79 Å². The number of carbonyl (C=O) groups is 1. The molecule has 0 unspecified atom stereocenters. The number of hydrogen-bond acceptors (Lipinski definition) is 2. The van der Waals surface area contributed by atoms with Crippen molar-refractivity contribution in [3.8, 4) is 0 Å². The molecule has 0 aliphatic carbocycles. The van der Waals surface area contributed by atoms with Crippen LogP contribution in [0.3, 0.4) is 0 Å². The lowest BCUT2D eigenvalue weighted by molar-refractivity contribution is -0.138. The first kappa shape index (κ1) is 10.9. The summed E-state index contributed by atoms with van der Waals surface area (Å²) in [5.41, 5.74) is 0. The molecule has 0 heterocycles. The molecule has 0 aromatic carbocycles. The highest BCUT2D eigenvalue weighted by molar-refractivity contribution is 5.67. The first-order valence-electron chi connectivity index (χ1n) is 3.90. The zero-order valence-electron chi connectivity index (χ0n) is 7.10. The van der Waals surface area contributed by atoms with Gasteiger partial charge in [0.15, 0.2) is 0 Å². The molecule has 0 spiro atoms. The summed E-state index contributed by atoms with van der Waals surface area (Å²) < 4.78 is 0. The standard InChI is InChI=1S/C9H14O3/c1-2-3-4-5-6-8(10)7-9(11)12/h3-6,8,10H,2,7H2,1H3,(H,11,12)/b4-3+,6-5+/t8-/m1/s1. The minimum absolute atomic E-state index is 0.240. The van der Waals surface area contributed by atoms with Crippen LogP contribution in [-0.4, -0.2) is 22.3 Å². The van der Waals surface area contributed by atoms with E-state index in [2.05, 4.69) is 0 Å². The molecule has 3 nitrogen and oxygen atoms in total. The lowest BCUT2D eigenvalue weighted by atomic mass is 10.2. The van der Waals surface area contributed by atoms with Crippen LogP contribution in [0.25, 0.3) is 0 Å². The number of carboxylic acid groups (broad SMARTS) is 1. The molecule has 0 amide bonds. The molecule has 12 heavy (non-hydrogen) atoms. The molecule has 0 aromatic heterocycles. The number of rotatable bonds is 5. The monoisotopic (exact) mass is 170 g/mol. The average molecular weight is 170 g/mol. The maximum absolute atomic E-state index is 10.1. The Kier molecular flexibility index (Phi) is 6.01. The summed E-state index contributed by atoms with van der Waals surface area (Å²) in [6.07, 6.45) is 6.62. The zero-order chi connectivity index (χ0) is 9.40. The van der Waals surface area contributed by atoms with Gasteiger partial charge in [0.05, 0.1) is 12.5 Å². The van der Waals surface area contributed by atoms with Gasteiger partial charge in [0.2, 0.25) is 0 Å². The van der Waals surface area contributed by atoms with E-state index in [1.165, 1.54) is 6.08 Å². The van der Waals surface area contributed by atoms with Crippen molar-refractivity contribution >= 4 is 5.97 Å². The Bertz CT molecular complexity index is 182. The van der Waals surface area contributed by atoms with Gasteiger partial charge in [0.1, 0.15) is 0 Å². The Morgan fingerprint density at radius 3 is 2.67 bits per heavy atom. The summed E-state index contributed by atoms with van der Waals surface area (Å²) in [4.78, 5) is 10.1. The van der Waals surface area contributed by atoms with Crippen molar-refractivity contribution in [2.24, 2.45) is 0 Å². The van der Waals surface area contributed by atoms with Crippen LogP contribution in [0, 0.1) is 0 Å². The van der Waals surface area contributed by atoms with Gasteiger partial charge in [-0.3, -0.25) is 4.79 Å². The fraction of sp³-hybridized carbons (Fsp3) is 0.444. The molecule has 0 aliphatic heterocycles. The summed E-state index contributed by atoms with van der Waals surface area (Å²) in [6.45, 7) is 2.00. The van der Waals surface area contributed by atoms with Gasteiger partial charge in [-0.25, -0.2) is 0 Å². The minimum Gasteiger partial charge on any atom is -0.481 e. The molecule has 0 rings (SSSR count). The number of aliphatic carboxylic acids is 1. The number of allylic oxidation sites excluding steroid dienone is 3. The van der Waals surface area contributed by atoms with E-state index in [4.69, 9.17) is 10.2 Å². The zero-order valence-corrected chi connectivity index (χ0v) is 7.10. The average Bonchev–Trinajstić information content (AvgIpc) is 1.97. The van der Waals surface area contributed by atoms with Crippen LogP contribution in [-0.2, 0) is 4.79 Å². The second kappa shape index (κ2) is 6.61. The van der Waals surface area contributed by atoms with Crippen LogP contribution in [0.2, 0.25) is 0 Å². The quantitative estimate of drug-likeness (QED) is 0.612. The SMILES string of the molecule is CC/C=C/C=C/[C@@H](O)CC(=O)O. The van der Waals surface area contributed by atoms with Crippen molar-refractivity contribution in [1.82, 2.24) is 0 Å². The van der Waals surface area contributed by atoms with Crippen LogP contribution < -0.4 is 0 Å². The van der Waals surface area contributed by atoms with Gasteiger partial charge in [-0.2, -0.15) is 0 Å². The predicted molar refractivity (Wildman–Crippen MR) is 46.8 cm³/mol. The van der Waals surface area contributed by atoms with Crippen molar-refractivity contribution in [2.75, 3.05) is 0 Å². The van der Waals surface area contributed by atoms with Crippen LogP contribution in [0.1, 0.15) is 19.8 Å². The molecule has 68 valence electrons.